The Morgan fingerprint density at radius 3 is 2.67 bits per heavy atom. The van der Waals surface area contributed by atoms with Gasteiger partial charge in [-0.05, 0) is 31.4 Å². The van der Waals surface area contributed by atoms with Crippen LogP contribution in [0.4, 0.5) is 8.78 Å². The molecule has 0 aliphatic rings. The number of benzene rings is 1. The Hall–Kier alpha value is -1.33. The van der Waals surface area contributed by atoms with E-state index in [0.29, 0.717) is 19.4 Å². The smallest absolute Gasteiger partial charge is 0.182 e. The van der Waals surface area contributed by atoms with Crippen molar-refractivity contribution in [2.45, 2.75) is 25.8 Å². The highest BCUT2D eigenvalue weighted by Gasteiger charge is 2.21. The van der Waals surface area contributed by atoms with Gasteiger partial charge in [0.05, 0.1) is 11.6 Å². The van der Waals surface area contributed by atoms with Gasteiger partial charge in [0.15, 0.2) is 17.4 Å². The van der Waals surface area contributed by atoms with Crippen molar-refractivity contribution in [3.05, 3.63) is 34.9 Å². The second kappa shape index (κ2) is 6.56. The first-order chi connectivity index (χ1) is 8.49. The summed E-state index contributed by atoms with van der Waals surface area (Å²) >= 11 is 0. The number of ketones is 1. The average Bonchev–Trinajstić information content (AvgIpc) is 2.35. The molecule has 0 amide bonds. The number of Topliss-reactive ketones (excluding diaryl/α,β-unsaturated/α-hetero) is 1. The summed E-state index contributed by atoms with van der Waals surface area (Å²) in [5.74, 6) is -2.70. The van der Waals surface area contributed by atoms with Crippen molar-refractivity contribution in [1.29, 1.82) is 0 Å². The van der Waals surface area contributed by atoms with E-state index in [4.69, 9.17) is 10.5 Å². The Morgan fingerprint density at radius 1 is 1.39 bits per heavy atom. The Labute approximate surface area is 105 Å². The van der Waals surface area contributed by atoms with Crippen LogP contribution in [0.5, 0.6) is 0 Å². The van der Waals surface area contributed by atoms with E-state index in [9.17, 15) is 13.6 Å². The number of carbonyl (C=O) groups is 1. The van der Waals surface area contributed by atoms with Crippen LogP contribution in [0.25, 0.3) is 0 Å². The third kappa shape index (κ3) is 3.34. The van der Waals surface area contributed by atoms with E-state index in [1.807, 2.05) is 0 Å². The molecule has 1 aromatic rings. The van der Waals surface area contributed by atoms with Crippen LogP contribution in [0, 0.1) is 18.6 Å². The lowest BCUT2D eigenvalue weighted by molar-refractivity contribution is 0.0945. The number of hydrogen-bond acceptors (Lipinski definition) is 3. The van der Waals surface area contributed by atoms with Gasteiger partial charge < -0.3 is 10.5 Å². The van der Waals surface area contributed by atoms with E-state index < -0.39 is 23.5 Å². The minimum Gasteiger partial charge on any atom is -0.385 e. The topological polar surface area (TPSA) is 52.3 Å². The number of methoxy groups -OCH3 is 1. The van der Waals surface area contributed by atoms with Crippen molar-refractivity contribution in [3.63, 3.8) is 0 Å². The van der Waals surface area contributed by atoms with Crippen LogP contribution in [-0.4, -0.2) is 25.5 Å². The van der Waals surface area contributed by atoms with Crippen molar-refractivity contribution in [3.8, 4) is 0 Å². The van der Waals surface area contributed by atoms with E-state index in [1.54, 1.807) is 7.11 Å². The molecule has 100 valence electrons. The molecule has 0 saturated heterocycles. The van der Waals surface area contributed by atoms with Crippen molar-refractivity contribution in [1.82, 2.24) is 0 Å². The van der Waals surface area contributed by atoms with Crippen LogP contribution in [0.3, 0.4) is 0 Å². The molecule has 0 radical (unpaired) electrons. The summed E-state index contributed by atoms with van der Waals surface area (Å²) < 4.78 is 31.8. The molecule has 1 atom stereocenters. The van der Waals surface area contributed by atoms with Gasteiger partial charge in [-0.1, -0.05) is 6.07 Å². The van der Waals surface area contributed by atoms with Gasteiger partial charge in [0, 0.05) is 13.7 Å². The Morgan fingerprint density at radius 2 is 2.06 bits per heavy atom. The summed E-state index contributed by atoms with van der Waals surface area (Å²) in [7, 11) is 1.54. The number of halogens is 2. The first-order valence-electron chi connectivity index (χ1n) is 5.72. The normalized spacial score (nSPS) is 12.5. The fraction of sp³-hybridized carbons (Fsp3) is 0.462. The van der Waals surface area contributed by atoms with Gasteiger partial charge in [0.25, 0.3) is 0 Å². The fourth-order valence-electron chi connectivity index (χ4n) is 1.61. The van der Waals surface area contributed by atoms with Crippen molar-refractivity contribution < 1.29 is 18.3 Å². The molecular formula is C13H17F2NO2. The molecule has 0 saturated carbocycles. The summed E-state index contributed by atoms with van der Waals surface area (Å²) in [4.78, 5) is 11.9. The second-order valence-electron chi connectivity index (χ2n) is 4.16. The molecule has 3 nitrogen and oxygen atoms in total. The quantitative estimate of drug-likeness (QED) is 0.628. The first-order valence-corrected chi connectivity index (χ1v) is 5.72. The molecule has 0 aliphatic carbocycles. The van der Waals surface area contributed by atoms with Crippen LogP contribution in [0.15, 0.2) is 12.1 Å². The van der Waals surface area contributed by atoms with Crippen molar-refractivity contribution in [2.24, 2.45) is 5.73 Å². The van der Waals surface area contributed by atoms with Crippen LogP contribution >= 0.6 is 0 Å². The van der Waals surface area contributed by atoms with Crippen LogP contribution in [-0.2, 0) is 4.74 Å². The molecule has 0 spiro atoms. The molecule has 0 heterocycles. The van der Waals surface area contributed by atoms with Gasteiger partial charge in [-0.25, -0.2) is 8.78 Å². The molecule has 5 heteroatoms. The third-order valence-electron chi connectivity index (χ3n) is 2.74. The number of nitrogens with two attached hydrogens (primary N) is 1. The second-order valence-corrected chi connectivity index (χ2v) is 4.16. The van der Waals surface area contributed by atoms with Gasteiger partial charge >= 0.3 is 0 Å². The molecule has 0 aliphatic heterocycles. The Balaban J connectivity index is 2.81. The predicted octanol–water partition coefficient (Wildman–Crippen LogP) is 2.21. The minimum absolute atomic E-state index is 0.164. The van der Waals surface area contributed by atoms with E-state index in [2.05, 4.69) is 0 Å². The maximum atomic E-state index is 13.6. The fourth-order valence-corrected chi connectivity index (χ4v) is 1.61. The molecule has 0 fully saturated rings. The summed E-state index contributed by atoms with van der Waals surface area (Å²) in [6.45, 7) is 1.91. The van der Waals surface area contributed by atoms with E-state index >= 15 is 0 Å². The zero-order chi connectivity index (χ0) is 13.7. The van der Waals surface area contributed by atoms with Crippen LogP contribution < -0.4 is 5.73 Å². The zero-order valence-electron chi connectivity index (χ0n) is 10.5. The molecule has 1 rings (SSSR count). The van der Waals surface area contributed by atoms with E-state index in [0.717, 1.165) is 0 Å². The predicted molar refractivity (Wildman–Crippen MR) is 64.5 cm³/mol. The lowest BCUT2D eigenvalue weighted by Gasteiger charge is -2.11. The summed E-state index contributed by atoms with van der Waals surface area (Å²) in [6.07, 6.45) is 0.973. The highest BCUT2D eigenvalue weighted by Crippen LogP contribution is 2.17. The van der Waals surface area contributed by atoms with Gasteiger partial charge in [-0.3, -0.25) is 4.79 Å². The molecule has 2 N–H and O–H groups in total. The first kappa shape index (κ1) is 14.7. The molecule has 18 heavy (non-hydrogen) atoms. The van der Waals surface area contributed by atoms with Crippen molar-refractivity contribution in [2.75, 3.05) is 13.7 Å². The lowest BCUT2D eigenvalue weighted by Crippen LogP contribution is -2.31. The largest absolute Gasteiger partial charge is 0.385 e. The maximum Gasteiger partial charge on any atom is 0.182 e. The summed E-state index contributed by atoms with van der Waals surface area (Å²) in [5, 5.41) is 0. The van der Waals surface area contributed by atoms with E-state index in [-0.39, 0.29) is 11.1 Å². The molecule has 1 unspecified atom stereocenters. The highest BCUT2D eigenvalue weighted by molar-refractivity contribution is 6.00. The Kier molecular flexibility index (Phi) is 5.37. The molecule has 0 bridgehead atoms. The summed E-state index contributed by atoms with van der Waals surface area (Å²) in [5.41, 5.74) is 5.53. The number of hydrogen-bond donors (Lipinski definition) is 1. The third-order valence-corrected chi connectivity index (χ3v) is 2.74. The monoisotopic (exact) mass is 257 g/mol. The number of ether oxygens (including phenoxy) is 1. The van der Waals surface area contributed by atoms with Gasteiger partial charge in [0.1, 0.15) is 0 Å². The zero-order valence-corrected chi connectivity index (χ0v) is 10.5. The van der Waals surface area contributed by atoms with Crippen LogP contribution in [0.1, 0.15) is 28.8 Å². The van der Waals surface area contributed by atoms with Crippen molar-refractivity contribution >= 4 is 5.78 Å². The van der Waals surface area contributed by atoms with E-state index in [1.165, 1.54) is 19.1 Å². The minimum atomic E-state index is -1.12. The maximum absolute atomic E-state index is 13.6. The SMILES string of the molecule is COCCCC(N)C(=O)c1ccc(C)c(F)c1F. The number of rotatable bonds is 6. The molecule has 1 aromatic carbocycles. The summed E-state index contributed by atoms with van der Waals surface area (Å²) in [6, 6.07) is 1.80. The van der Waals surface area contributed by atoms with Crippen LogP contribution in [0.2, 0.25) is 0 Å². The molecular weight excluding hydrogens is 240 g/mol. The number of carbonyl (C=O) groups excluding carboxylic acids is 1. The lowest BCUT2D eigenvalue weighted by atomic mass is 9.99. The van der Waals surface area contributed by atoms with Gasteiger partial charge in [0.2, 0.25) is 0 Å². The van der Waals surface area contributed by atoms with Gasteiger partial charge in [-0.15, -0.1) is 0 Å². The molecule has 0 aromatic heterocycles. The average molecular weight is 257 g/mol. The van der Waals surface area contributed by atoms with Gasteiger partial charge in [-0.2, -0.15) is 0 Å². The Bertz CT molecular complexity index is 435. The number of aryl methyl sites for hydroxylation is 1. The standard InChI is InChI=1S/C13H17F2NO2/c1-8-5-6-9(12(15)11(8)14)13(17)10(16)4-3-7-18-2/h5-6,10H,3-4,7,16H2,1-2H3. The highest BCUT2D eigenvalue weighted by atomic mass is 19.2.